The summed E-state index contributed by atoms with van der Waals surface area (Å²) in [5.41, 5.74) is 0. The average Bonchev–Trinajstić information content (AvgIpc) is 2.51. The normalized spacial score (nSPS) is 28.4. The number of aliphatic carboxylic acids is 1. The first-order valence-corrected chi connectivity index (χ1v) is 5.05. The maximum Gasteiger partial charge on any atom is 0.325 e. The molecule has 1 saturated carbocycles. The molecule has 1 aliphatic carbocycles. The van der Waals surface area contributed by atoms with Crippen LogP contribution in [0.4, 0.5) is 0 Å². The topological polar surface area (TPSA) is 66.4 Å². The standard InChI is InChI=1S/C10H17NO3/c1-6-4-3-5-8(6)9(12)11-7(2)10(13)14/h6-8H,3-5H2,1-2H3,(H,11,12)(H,13,14)/t6?,7-,8?/m0/s1. The summed E-state index contributed by atoms with van der Waals surface area (Å²) in [6.45, 7) is 3.53. The second kappa shape index (κ2) is 4.44. The quantitative estimate of drug-likeness (QED) is 0.713. The molecule has 0 spiro atoms. The maximum atomic E-state index is 11.6. The van der Waals surface area contributed by atoms with Gasteiger partial charge in [0, 0.05) is 5.92 Å². The Kier molecular flexibility index (Phi) is 3.49. The Morgan fingerprint density at radius 3 is 2.50 bits per heavy atom. The Bertz CT molecular complexity index is 240. The van der Waals surface area contributed by atoms with Crippen LogP contribution in [-0.2, 0) is 9.59 Å². The van der Waals surface area contributed by atoms with E-state index < -0.39 is 12.0 Å². The molecule has 4 nitrogen and oxygen atoms in total. The number of carboxylic acid groups (broad SMARTS) is 1. The predicted molar refractivity (Wildman–Crippen MR) is 51.7 cm³/mol. The van der Waals surface area contributed by atoms with Crippen molar-refractivity contribution in [2.24, 2.45) is 11.8 Å². The largest absolute Gasteiger partial charge is 0.480 e. The summed E-state index contributed by atoms with van der Waals surface area (Å²) in [5, 5.41) is 11.1. The fraction of sp³-hybridized carbons (Fsp3) is 0.800. The zero-order valence-corrected chi connectivity index (χ0v) is 8.62. The van der Waals surface area contributed by atoms with E-state index in [0.29, 0.717) is 5.92 Å². The van der Waals surface area contributed by atoms with Gasteiger partial charge >= 0.3 is 5.97 Å². The van der Waals surface area contributed by atoms with Gasteiger partial charge in [0.05, 0.1) is 0 Å². The molecule has 0 saturated heterocycles. The van der Waals surface area contributed by atoms with Crippen molar-refractivity contribution < 1.29 is 14.7 Å². The predicted octanol–water partition coefficient (Wildman–Crippen LogP) is 1.01. The average molecular weight is 199 g/mol. The minimum absolute atomic E-state index is 0.0109. The fourth-order valence-corrected chi connectivity index (χ4v) is 1.92. The monoisotopic (exact) mass is 199 g/mol. The molecule has 0 bridgehead atoms. The van der Waals surface area contributed by atoms with Gasteiger partial charge in [-0.3, -0.25) is 9.59 Å². The smallest absolute Gasteiger partial charge is 0.325 e. The third-order valence-corrected chi connectivity index (χ3v) is 2.93. The molecule has 80 valence electrons. The van der Waals surface area contributed by atoms with Crippen molar-refractivity contribution in [1.29, 1.82) is 0 Å². The first kappa shape index (κ1) is 11.0. The van der Waals surface area contributed by atoms with Gasteiger partial charge in [-0.2, -0.15) is 0 Å². The van der Waals surface area contributed by atoms with Crippen LogP contribution < -0.4 is 5.32 Å². The second-order valence-electron chi connectivity index (χ2n) is 4.08. The summed E-state index contributed by atoms with van der Waals surface area (Å²) in [4.78, 5) is 22.1. The fourth-order valence-electron chi connectivity index (χ4n) is 1.92. The molecule has 4 heteroatoms. The number of carboxylic acids is 1. The lowest BCUT2D eigenvalue weighted by atomic mass is 9.97. The molecule has 3 atom stereocenters. The number of hydrogen-bond acceptors (Lipinski definition) is 2. The molecule has 2 unspecified atom stereocenters. The zero-order valence-electron chi connectivity index (χ0n) is 8.62. The van der Waals surface area contributed by atoms with E-state index in [1.165, 1.54) is 6.92 Å². The van der Waals surface area contributed by atoms with E-state index in [2.05, 4.69) is 5.32 Å². The number of nitrogens with one attached hydrogen (secondary N) is 1. The summed E-state index contributed by atoms with van der Waals surface area (Å²) in [6, 6.07) is -0.782. The van der Waals surface area contributed by atoms with Gasteiger partial charge < -0.3 is 10.4 Å². The summed E-state index contributed by atoms with van der Waals surface area (Å²) >= 11 is 0. The highest BCUT2D eigenvalue weighted by molar-refractivity contribution is 5.85. The lowest BCUT2D eigenvalue weighted by Gasteiger charge is -2.17. The summed E-state index contributed by atoms with van der Waals surface area (Å²) in [7, 11) is 0. The van der Waals surface area contributed by atoms with Crippen LogP contribution in [0.3, 0.4) is 0 Å². The van der Waals surface area contributed by atoms with Crippen LogP contribution in [0, 0.1) is 11.8 Å². The lowest BCUT2D eigenvalue weighted by molar-refractivity contribution is -0.142. The summed E-state index contributed by atoms with van der Waals surface area (Å²) in [5.74, 6) is -0.693. The summed E-state index contributed by atoms with van der Waals surface area (Å²) in [6.07, 6.45) is 3.03. The molecule has 0 aromatic carbocycles. The minimum atomic E-state index is -0.982. The minimum Gasteiger partial charge on any atom is -0.480 e. The third-order valence-electron chi connectivity index (χ3n) is 2.93. The molecule has 0 heterocycles. The van der Waals surface area contributed by atoms with Crippen molar-refractivity contribution in [2.45, 2.75) is 39.2 Å². The van der Waals surface area contributed by atoms with Gasteiger partial charge in [-0.25, -0.2) is 0 Å². The van der Waals surface area contributed by atoms with E-state index in [-0.39, 0.29) is 11.8 Å². The molecule has 1 aliphatic rings. The number of rotatable bonds is 3. The van der Waals surface area contributed by atoms with Crippen molar-refractivity contribution in [2.75, 3.05) is 0 Å². The number of hydrogen-bond donors (Lipinski definition) is 2. The molecule has 14 heavy (non-hydrogen) atoms. The number of carbonyl (C=O) groups excluding carboxylic acids is 1. The van der Waals surface area contributed by atoms with Crippen LogP contribution in [-0.4, -0.2) is 23.0 Å². The maximum absolute atomic E-state index is 11.6. The Labute approximate surface area is 83.7 Å². The highest BCUT2D eigenvalue weighted by Crippen LogP contribution is 2.31. The molecule has 1 amide bonds. The van der Waals surface area contributed by atoms with Gasteiger partial charge in [0.15, 0.2) is 0 Å². The van der Waals surface area contributed by atoms with Crippen LogP contribution in [0.25, 0.3) is 0 Å². The molecule has 0 aliphatic heterocycles. The van der Waals surface area contributed by atoms with Gasteiger partial charge in [-0.05, 0) is 25.7 Å². The highest BCUT2D eigenvalue weighted by Gasteiger charge is 2.30. The van der Waals surface area contributed by atoms with E-state index >= 15 is 0 Å². The SMILES string of the molecule is CC1CCCC1C(=O)N[C@@H](C)C(=O)O. The molecular weight excluding hydrogens is 182 g/mol. The van der Waals surface area contributed by atoms with E-state index in [1.54, 1.807) is 0 Å². The van der Waals surface area contributed by atoms with Crippen LogP contribution in [0.15, 0.2) is 0 Å². The Hall–Kier alpha value is -1.06. The van der Waals surface area contributed by atoms with Crippen LogP contribution in [0.2, 0.25) is 0 Å². The van der Waals surface area contributed by atoms with Crippen LogP contribution >= 0.6 is 0 Å². The molecule has 1 fully saturated rings. The van der Waals surface area contributed by atoms with E-state index in [4.69, 9.17) is 5.11 Å². The van der Waals surface area contributed by atoms with Crippen molar-refractivity contribution in [3.63, 3.8) is 0 Å². The summed E-state index contributed by atoms with van der Waals surface area (Å²) < 4.78 is 0. The van der Waals surface area contributed by atoms with Gasteiger partial charge in [-0.1, -0.05) is 13.3 Å². The Balaban J connectivity index is 2.45. The molecule has 1 rings (SSSR count). The molecule has 0 aromatic heterocycles. The zero-order chi connectivity index (χ0) is 10.7. The second-order valence-corrected chi connectivity index (χ2v) is 4.08. The first-order valence-electron chi connectivity index (χ1n) is 5.05. The van der Waals surface area contributed by atoms with Crippen molar-refractivity contribution in [3.05, 3.63) is 0 Å². The molecule has 0 aromatic rings. The molecule has 2 N–H and O–H groups in total. The molecular formula is C10H17NO3. The Morgan fingerprint density at radius 2 is 2.07 bits per heavy atom. The molecule has 0 radical (unpaired) electrons. The number of carbonyl (C=O) groups is 2. The third kappa shape index (κ3) is 2.47. The van der Waals surface area contributed by atoms with E-state index in [0.717, 1.165) is 19.3 Å². The first-order chi connectivity index (χ1) is 6.52. The van der Waals surface area contributed by atoms with Crippen molar-refractivity contribution in [1.82, 2.24) is 5.32 Å². The Morgan fingerprint density at radius 1 is 1.43 bits per heavy atom. The van der Waals surface area contributed by atoms with Gasteiger partial charge in [-0.15, -0.1) is 0 Å². The van der Waals surface area contributed by atoms with Crippen molar-refractivity contribution in [3.8, 4) is 0 Å². The van der Waals surface area contributed by atoms with Crippen molar-refractivity contribution >= 4 is 11.9 Å². The number of amides is 1. The van der Waals surface area contributed by atoms with Gasteiger partial charge in [0.2, 0.25) is 5.91 Å². The van der Waals surface area contributed by atoms with Crippen LogP contribution in [0.1, 0.15) is 33.1 Å². The highest BCUT2D eigenvalue weighted by atomic mass is 16.4. The lowest BCUT2D eigenvalue weighted by Crippen LogP contribution is -2.42. The van der Waals surface area contributed by atoms with E-state index in [1.807, 2.05) is 6.92 Å². The van der Waals surface area contributed by atoms with E-state index in [9.17, 15) is 9.59 Å². The van der Waals surface area contributed by atoms with Gasteiger partial charge in [0.1, 0.15) is 6.04 Å². The van der Waals surface area contributed by atoms with Gasteiger partial charge in [0.25, 0.3) is 0 Å². The van der Waals surface area contributed by atoms with Crippen LogP contribution in [0.5, 0.6) is 0 Å².